The molecule has 1 aliphatic carbocycles. The van der Waals surface area contributed by atoms with Gasteiger partial charge in [-0.1, -0.05) is 43.2 Å². The summed E-state index contributed by atoms with van der Waals surface area (Å²) in [5.41, 5.74) is 1.68. The van der Waals surface area contributed by atoms with Crippen molar-refractivity contribution in [3.63, 3.8) is 0 Å². The van der Waals surface area contributed by atoms with Crippen molar-refractivity contribution in [2.75, 3.05) is 13.2 Å². The molecule has 6 heteroatoms. The largest absolute Gasteiger partial charge is 0.394 e. The van der Waals surface area contributed by atoms with E-state index in [2.05, 4.69) is 11.9 Å². The van der Waals surface area contributed by atoms with Gasteiger partial charge >= 0.3 is 0 Å². The number of fused-ring (bicyclic) bond motifs is 1. The topological polar surface area (TPSA) is 89.9 Å². The molecule has 3 rings (SSSR count). The van der Waals surface area contributed by atoms with Crippen LogP contribution in [0, 0.1) is 5.92 Å². The second kappa shape index (κ2) is 9.55. The minimum absolute atomic E-state index is 0.0675. The van der Waals surface area contributed by atoms with E-state index in [0.717, 1.165) is 36.8 Å². The van der Waals surface area contributed by atoms with Crippen molar-refractivity contribution in [3.05, 3.63) is 48.0 Å². The zero-order valence-corrected chi connectivity index (χ0v) is 17.0. The van der Waals surface area contributed by atoms with Crippen molar-refractivity contribution < 1.29 is 19.8 Å². The van der Waals surface area contributed by atoms with E-state index in [9.17, 15) is 19.8 Å². The highest BCUT2D eigenvalue weighted by Crippen LogP contribution is 2.30. The maximum Gasteiger partial charge on any atom is 0.224 e. The molecule has 0 unspecified atom stereocenters. The number of carbonyl (C=O) groups is 2. The van der Waals surface area contributed by atoms with Crippen LogP contribution in [0.1, 0.15) is 49.7 Å². The van der Waals surface area contributed by atoms with Crippen molar-refractivity contribution in [2.45, 2.75) is 63.1 Å². The molecular formula is C23H32N2O4. The molecule has 0 saturated heterocycles. The summed E-state index contributed by atoms with van der Waals surface area (Å²) in [6.07, 6.45) is 6.23. The Hall–Kier alpha value is -2.18. The number of nitrogens with one attached hydrogen (secondary N) is 1. The van der Waals surface area contributed by atoms with Crippen LogP contribution in [0.15, 0.2) is 36.9 Å². The number of aliphatic hydroxyl groups is 2. The van der Waals surface area contributed by atoms with E-state index >= 15 is 0 Å². The minimum Gasteiger partial charge on any atom is -0.394 e. The summed E-state index contributed by atoms with van der Waals surface area (Å²) in [6.45, 7) is 4.00. The van der Waals surface area contributed by atoms with Crippen LogP contribution < -0.4 is 5.32 Å². The predicted octanol–water partition coefficient (Wildman–Crippen LogP) is 1.94. The molecular weight excluding hydrogens is 368 g/mol. The first kappa shape index (κ1) is 21.5. The Bertz CT molecular complexity index is 742. The van der Waals surface area contributed by atoms with Gasteiger partial charge in [0.05, 0.1) is 30.7 Å². The average molecular weight is 401 g/mol. The van der Waals surface area contributed by atoms with Gasteiger partial charge in [-0.3, -0.25) is 9.59 Å². The zero-order chi connectivity index (χ0) is 20.9. The lowest BCUT2D eigenvalue weighted by molar-refractivity contribution is -0.140. The van der Waals surface area contributed by atoms with Crippen molar-refractivity contribution >= 4 is 11.8 Å². The molecule has 0 aromatic heterocycles. The molecule has 29 heavy (non-hydrogen) atoms. The SMILES string of the molecule is C=CC[C@H](CC(=O)N1Cc2ccccc2C[C@H]1CO)C(=O)NC1(CO)CCCC1. The predicted molar refractivity (Wildman–Crippen MR) is 111 cm³/mol. The number of amides is 2. The first-order valence-corrected chi connectivity index (χ1v) is 10.5. The average Bonchev–Trinajstić information content (AvgIpc) is 3.21. The van der Waals surface area contributed by atoms with Gasteiger partial charge in [-0.15, -0.1) is 6.58 Å². The summed E-state index contributed by atoms with van der Waals surface area (Å²) in [5.74, 6) is -0.863. The van der Waals surface area contributed by atoms with E-state index in [1.165, 1.54) is 0 Å². The Kier molecular flexibility index (Phi) is 7.09. The molecule has 1 saturated carbocycles. The minimum atomic E-state index is -0.558. The third kappa shape index (κ3) is 4.87. The van der Waals surface area contributed by atoms with Crippen LogP contribution >= 0.6 is 0 Å². The first-order valence-electron chi connectivity index (χ1n) is 10.5. The van der Waals surface area contributed by atoms with Gasteiger partial charge in [0.2, 0.25) is 11.8 Å². The Morgan fingerprint density at radius 3 is 2.55 bits per heavy atom. The highest BCUT2D eigenvalue weighted by molar-refractivity contribution is 5.86. The quantitative estimate of drug-likeness (QED) is 0.582. The van der Waals surface area contributed by atoms with E-state index in [-0.39, 0.29) is 37.5 Å². The molecule has 1 aliphatic heterocycles. The van der Waals surface area contributed by atoms with Gasteiger partial charge in [-0.25, -0.2) is 0 Å². The molecule has 158 valence electrons. The van der Waals surface area contributed by atoms with Crippen molar-refractivity contribution in [2.24, 2.45) is 5.92 Å². The second-order valence-corrected chi connectivity index (χ2v) is 8.39. The molecule has 1 fully saturated rings. The second-order valence-electron chi connectivity index (χ2n) is 8.39. The van der Waals surface area contributed by atoms with Gasteiger partial charge in [0.25, 0.3) is 0 Å². The number of allylic oxidation sites excluding steroid dienone is 1. The van der Waals surface area contributed by atoms with Crippen LogP contribution in [0.5, 0.6) is 0 Å². The van der Waals surface area contributed by atoms with Gasteiger partial charge in [0.1, 0.15) is 0 Å². The van der Waals surface area contributed by atoms with Crippen LogP contribution in [0.4, 0.5) is 0 Å². The lowest BCUT2D eigenvalue weighted by Crippen LogP contribution is -2.52. The smallest absolute Gasteiger partial charge is 0.224 e. The molecule has 3 N–H and O–H groups in total. The molecule has 2 aliphatic rings. The summed E-state index contributed by atoms with van der Waals surface area (Å²) in [4.78, 5) is 27.7. The Balaban J connectivity index is 1.70. The van der Waals surface area contributed by atoms with Crippen LogP contribution in [-0.2, 0) is 22.6 Å². The van der Waals surface area contributed by atoms with Gasteiger partial charge in [0.15, 0.2) is 0 Å². The first-order chi connectivity index (χ1) is 14.0. The number of hydrogen-bond donors (Lipinski definition) is 3. The number of carbonyl (C=O) groups excluding carboxylic acids is 2. The molecule has 0 spiro atoms. The highest BCUT2D eigenvalue weighted by atomic mass is 16.3. The maximum absolute atomic E-state index is 13.1. The molecule has 1 aromatic carbocycles. The summed E-state index contributed by atoms with van der Waals surface area (Å²) in [6, 6.07) is 7.68. The van der Waals surface area contributed by atoms with Gasteiger partial charge in [-0.05, 0) is 36.8 Å². The van der Waals surface area contributed by atoms with Gasteiger partial charge in [0, 0.05) is 13.0 Å². The molecule has 2 amide bonds. The highest BCUT2D eigenvalue weighted by Gasteiger charge is 2.37. The molecule has 2 atom stereocenters. The fourth-order valence-corrected chi connectivity index (χ4v) is 4.59. The number of aliphatic hydroxyl groups excluding tert-OH is 2. The van der Waals surface area contributed by atoms with E-state index in [1.807, 2.05) is 24.3 Å². The Morgan fingerprint density at radius 2 is 1.93 bits per heavy atom. The molecule has 1 aromatic rings. The number of benzene rings is 1. The zero-order valence-electron chi connectivity index (χ0n) is 17.0. The van der Waals surface area contributed by atoms with E-state index in [0.29, 0.717) is 19.4 Å². The molecule has 0 bridgehead atoms. The van der Waals surface area contributed by atoms with E-state index < -0.39 is 11.5 Å². The summed E-state index contributed by atoms with van der Waals surface area (Å²) in [7, 11) is 0. The van der Waals surface area contributed by atoms with E-state index in [1.54, 1.807) is 11.0 Å². The molecule has 0 radical (unpaired) electrons. The van der Waals surface area contributed by atoms with Gasteiger partial charge in [-0.2, -0.15) is 0 Å². The van der Waals surface area contributed by atoms with Crippen LogP contribution in [0.2, 0.25) is 0 Å². The standard InChI is InChI=1S/C23H32N2O4/c1-2-7-18(22(29)24-23(16-27)10-5-6-11-23)13-21(28)25-14-19-9-4-3-8-17(19)12-20(25)15-26/h2-4,8-9,18,20,26-27H,1,5-7,10-16H2,(H,24,29)/t18-,20+/m1/s1. The third-order valence-electron chi connectivity index (χ3n) is 6.38. The van der Waals surface area contributed by atoms with Crippen LogP contribution in [0.25, 0.3) is 0 Å². The lowest BCUT2D eigenvalue weighted by Gasteiger charge is -2.37. The van der Waals surface area contributed by atoms with Crippen LogP contribution in [0.3, 0.4) is 0 Å². The van der Waals surface area contributed by atoms with Crippen molar-refractivity contribution in [1.29, 1.82) is 0 Å². The fourth-order valence-electron chi connectivity index (χ4n) is 4.59. The summed E-state index contributed by atoms with van der Waals surface area (Å²) >= 11 is 0. The molecule has 6 nitrogen and oxygen atoms in total. The number of nitrogens with zero attached hydrogens (tertiary/aromatic N) is 1. The van der Waals surface area contributed by atoms with Crippen molar-refractivity contribution in [3.8, 4) is 0 Å². The van der Waals surface area contributed by atoms with Crippen LogP contribution in [-0.4, -0.2) is 51.7 Å². The van der Waals surface area contributed by atoms with Gasteiger partial charge < -0.3 is 20.4 Å². The number of rotatable bonds is 8. The lowest BCUT2D eigenvalue weighted by atomic mass is 9.91. The Morgan fingerprint density at radius 1 is 1.24 bits per heavy atom. The Labute approximate surface area is 172 Å². The van der Waals surface area contributed by atoms with E-state index in [4.69, 9.17) is 0 Å². The monoisotopic (exact) mass is 400 g/mol. The molecule has 1 heterocycles. The fraction of sp³-hybridized carbons (Fsp3) is 0.565. The van der Waals surface area contributed by atoms with Crippen molar-refractivity contribution in [1.82, 2.24) is 10.2 Å². The summed E-state index contributed by atoms with van der Waals surface area (Å²) in [5, 5.41) is 22.6. The third-order valence-corrected chi connectivity index (χ3v) is 6.38. The number of hydrogen-bond acceptors (Lipinski definition) is 4. The normalized spacial score (nSPS) is 21.3. The summed E-state index contributed by atoms with van der Waals surface area (Å²) < 4.78 is 0. The maximum atomic E-state index is 13.1.